The van der Waals surface area contributed by atoms with Crippen LogP contribution >= 0.6 is 11.8 Å². The third kappa shape index (κ3) is 10.8. The predicted octanol–water partition coefficient (Wildman–Crippen LogP) is 2.63. The molecule has 0 saturated carbocycles. The topological polar surface area (TPSA) is 102 Å². The van der Waals surface area contributed by atoms with Gasteiger partial charge in [-0.1, -0.05) is 33.6 Å². The second-order valence-corrected chi connectivity index (χ2v) is 6.66. The van der Waals surface area contributed by atoms with Crippen molar-refractivity contribution in [3.05, 3.63) is 0 Å². The molecule has 0 aromatic rings. The molecule has 2 atom stereocenters. The van der Waals surface area contributed by atoms with Crippen LogP contribution in [-0.2, 0) is 19.1 Å². The van der Waals surface area contributed by atoms with Crippen LogP contribution in [0, 0.1) is 5.92 Å². The highest BCUT2D eigenvalue weighted by Crippen LogP contribution is 2.14. The normalized spacial score (nSPS) is 13.3. The lowest BCUT2D eigenvalue weighted by Gasteiger charge is -2.17. The summed E-state index contributed by atoms with van der Waals surface area (Å²) in [6.07, 6.45) is 1.22. The van der Waals surface area contributed by atoms with Crippen molar-refractivity contribution in [3.63, 3.8) is 0 Å². The molecule has 23 heavy (non-hydrogen) atoms. The van der Waals surface area contributed by atoms with E-state index in [9.17, 15) is 14.4 Å². The minimum atomic E-state index is -1.02. The molecule has 0 aromatic heterocycles. The fourth-order valence-electron chi connectivity index (χ4n) is 1.49. The molecular formula is C15H27NO6S. The number of carbonyl (C=O) groups excluding carboxylic acids is 2. The zero-order chi connectivity index (χ0) is 17.8. The van der Waals surface area contributed by atoms with Gasteiger partial charge < -0.3 is 19.9 Å². The van der Waals surface area contributed by atoms with E-state index in [2.05, 4.69) is 12.2 Å². The first-order valence-corrected chi connectivity index (χ1v) is 8.82. The number of nitrogens with one attached hydrogen (secondary N) is 1. The summed E-state index contributed by atoms with van der Waals surface area (Å²) in [5.74, 6) is -1.05. The van der Waals surface area contributed by atoms with Crippen LogP contribution in [0.3, 0.4) is 0 Å². The van der Waals surface area contributed by atoms with Crippen LogP contribution in [0.1, 0.15) is 47.0 Å². The fourth-order valence-corrected chi connectivity index (χ4v) is 2.49. The number of unbranched alkanes of at least 4 members (excludes halogenated alkanes) is 2. The van der Waals surface area contributed by atoms with Gasteiger partial charge >= 0.3 is 18.0 Å². The number of hydrogen-bond donors (Lipinski definition) is 2. The molecule has 7 nitrogen and oxygen atoms in total. The molecule has 0 rings (SSSR count). The lowest BCUT2D eigenvalue weighted by molar-refractivity contribution is -0.168. The zero-order valence-electron chi connectivity index (χ0n) is 14.2. The molecular weight excluding hydrogens is 322 g/mol. The van der Waals surface area contributed by atoms with Gasteiger partial charge in [0.25, 0.3) is 0 Å². The molecule has 0 saturated heterocycles. The van der Waals surface area contributed by atoms with Gasteiger partial charge in [-0.15, -0.1) is 11.8 Å². The summed E-state index contributed by atoms with van der Waals surface area (Å²) in [5, 5.41) is 10.8. The maximum absolute atomic E-state index is 11.6. The number of rotatable bonds is 11. The highest BCUT2D eigenvalue weighted by atomic mass is 32.2. The van der Waals surface area contributed by atoms with Crippen LogP contribution in [0.5, 0.6) is 0 Å². The Morgan fingerprint density at radius 1 is 1.13 bits per heavy atom. The summed E-state index contributed by atoms with van der Waals surface area (Å²) in [4.78, 5) is 34.1. The van der Waals surface area contributed by atoms with E-state index in [1.807, 2.05) is 0 Å². The van der Waals surface area contributed by atoms with Crippen LogP contribution in [0.15, 0.2) is 0 Å². The Hall–Kier alpha value is -1.44. The molecule has 0 heterocycles. The van der Waals surface area contributed by atoms with Crippen molar-refractivity contribution in [1.29, 1.82) is 0 Å². The average molecular weight is 349 g/mol. The van der Waals surface area contributed by atoms with Gasteiger partial charge in [0.1, 0.15) is 5.25 Å². The van der Waals surface area contributed by atoms with Crippen molar-refractivity contribution in [2.75, 3.05) is 12.3 Å². The number of alkyl carbamates (subject to hydrolysis) is 1. The summed E-state index contributed by atoms with van der Waals surface area (Å²) in [6, 6.07) is 0. The highest BCUT2D eigenvalue weighted by Gasteiger charge is 2.21. The van der Waals surface area contributed by atoms with Gasteiger partial charge in [0.2, 0.25) is 6.29 Å². The number of esters is 1. The molecule has 0 unspecified atom stereocenters. The number of carboxylic acids is 1. The molecule has 2 N–H and O–H groups in total. The maximum atomic E-state index is 11.6. The highest BCUT2D eigenvalue weighted by molar-refractivity contribution is 8.00. The summed E-state index contributed by atoms with van der Waals surface area (Å²) in [5.41, 5.74) is 0. The lowest BCUT2D eigenvalue weighted by atomic mass is 10.2. The number of carboxylic acid groups (broad SMARTS) is 1. The van der Waals surface area contributed by atoms with Gasteiger partial charge in [0.05, 0.1) is 5.92 Å². The largest absolute Gasteiger partial charge is 0.480 e. The van der Waals surface area contributed by atoms with Crippen molar-refractivity contribution in [3.8, 4) is 0 Å². The van der Waals surface area contributed by atoms with Gasteiger partial charge in [0.15, 0.2) is 0 Å². The Kier molecular flexibility index (Phi) is 11.3. The van der Waals surface area contributed by atoms with Gasteiger partial charge in [-0.3, -0.25) is 9.59 Å². The molecule has 0 aliphatic heterocycles. The SMILES string of the molecule is CCCCCS[C@@H](CNC(=O)O[C@@H](C)OC(=O)C(C)C)C(=O)O. The summed E-state index contributed by atoms with van der Waals surface area (Å²) in [7, 11) is 0. The molecule has 1 amide bonds. The van der Waals surface area contributed by atoms with E-state index in [4.69, 9.17) is 14.6 Å². The van der Waals surface area contributed by atoms with E-state index in [0.717, 1.165) is 25.0 Å². The van der Waals surface area contributed by atoms with Gasteiger partial charge in [-0.05, 0) is 12.2 Å². The smallest absolute Gasteiger partial charge is 0.410 e. The van der Waals surface area contributed by atoms with Crippen LogP contribution in [0.4, 0.5) is 4.79 Å². The first-order valence-electron chi connectivity index (χ1n) is 7.77. The Morgan fingerprint density at radius 3 is 2.30 bits per heavy atom. The monoisotopic (exact) mass is 349 g/mol. The van der Waals surface area contributed by atoms with E-state index in [-0.39, 0.29) is 12.5 Å². The number of aliphatic carboxylic acids is 1. The minimum absolute atomic E-state index is 0.0458. The van der Waals surface area contributed by atoms with Crippen LogP contribution in [-0.4, -0.2) is 47.0 Å². The zero-order valence-corrected chi connectivity index (χ0v) is 15.0. The van der Waals surface area contributed by atoms with Crippen molar-refractivity contribution in [2.45, 2.75) is 58.5 Å². The Labute approximate surface area is 141 Å². The minimum Gasteiger partial charge on any atom is -0.480 e. The molecule has 0 fully saturated rings. The predicted molar refractivity (Wildman–Crippen MR) is 88.3 cm³/mol. The van der Waals surface area contributed by atoms with Crippen molar-refractivity contribution in [2.24, 2.45) is 5.92 Å². The van der Waals surface area contributed by atoms with Gasteiger partial charge in [0, 0.05) is 13.5 Å². The standard InChI is InChI=1S/C15H27NO6S/c1-5-6-7-8-23-12(13(17)18)9-16-15(20)22-11(4)21-14(19)10(2)3/h10-12H,5-9H2,1-4H3,(H,16,20)(H,17,18)/t11-,12-/m0/s1. The lowest BCUT2D eigenvalue weighted by Crippen LogP contribution is -2.37. The number of ether oxygens (including phenoxy) is 2. The molecule has 134 valence electrons. The molecule has 0 radical (unpaired) electrons. The fraction of sp³-hybridized carbons (Fsp3) is 0.800. The summed E-state index contributed by atoms with van der Waals surface area (Å²) in [6.45, 7) is 6.79. The second kappa shape index (κ2) is 12.0. The average Bonchev–Trinajstić information content (AvgIpc) is 2.45. The number of hydrogen-bond acceptors (Lipinski definition) is 6. The first kappa shape index (κ1) is 21.6. The Morgan fingerprint density at radius 2 is 1.78 bits per heavy atom. The van der Waals surface area contributed by atoms with E-state index in [1.165, 1.54) is 18.7 Å². The van der Waals surface area contributed by atoms with E-state index in [1.54, 1.807) is 13.8 Å². The third-order valence-corrected chi connectivity index (χ3v) is 4.10. The van der Waals surface area contributed by atoms with E-state index >= 15 is 0 Å². The number of thioether (sulfide) groups is 1. The molecule has 8 heteroatoms. The molecule has 0 aliphatic carbocycles. The second-order valence-electron chi connectivity index (χ2n) is 5.35. The third-order valence-electron chi connectivity index (χ3n) is 2.80. The maximum Gasteiger partial charge on any atom is 0.410 e. The number of amides is 1. The molecule has 0 bridgehead atoms. The van der Waals surface area contributed by atoms with Gasteiger partial charge in [-0.25, -0.2) is 4.79 Å². The molecule has 0 aliphatic rings. The van der Waals surface area contributed by atoms with Crippen LogP contribution in [0.2, 0.25) is 0 Å². The van der Waals surface area contributed by atoms with E-state index < -0.39 is 29.6 Å². The van der Waals surface area contributed by atoms with Gasteiger partial charge in [-0.2, -0.15) is 0 Å². The summed E-state index contributed by atoms with van der Waals surface area (Å²) < 4.78 is 9.73. The van der Waals surface area contributed by atoms with Crippen molar-refractivity contribution >= 4 is 29.8 Å². The van der Waals surface area contributed by atoms with Crippen molar-refractivity contribution in [1.82, 2.24) is 5.32 Å². The molecule has 0 spiro atoms. The first-order chi connectivity index (χ1) is 10.8. The Balaban J connectivity index is 4.11. The van der Waals surface area contributed by atoms with Crippen LogP contribution < -0.4 is 5.32 Å². The Bertz CT molecular complexity index is 388. The van der Waals surface area contributed by atoms with Crippen molar-refractivity contribution < 1.29 is 29.0 Å². The van der Waals surface area contributed by atoms with E-state index in [0.29, 0.717) is 0 Å². The summed E-state index contributed by atoms with van der Waals surface area (Å²) >= 11 is 1.29. The quantitative estimate of drug-likeness (QED) is 0.336. The number of carbonyl (C=O) groups is 3. The molecule has 0 aromatic carbocycles. The van der Waals surface area contributed by atoms with Crippen LogP contribution in [0.25, 0.3) is 0 Å².